The van der Waals surface area contributed by atoms with Crippen molar-refractivity contribution in [3.05, 3.63) is 42.5 Å². The van der Waals surface area contributed by atoms with E-state index in [-0.39, 0.29) is 0 Å². The highest BCUT2D eigenvalue weighted by molar-refractivity contribution is 5.76. The van der Waals surface area contributed by atoms with Gasteiger partial charge in [0.25, 0.3) is 0 Å². The van der Waals surface area contributed by atoms with Crippen molar-refractivity contribution in [3.63, 3.8) is 0 Å². The van der Waals surface area contributed by atoms with Crippen LogP contribution in [-0.2, 0) is 0 Å². The van der Waals surface area contributed by atoms with Gasteiger partial charge in [-0.3, -0.25) is 0 Å². The van der Waals surface area contributed by atoms with Crippen LogP contribution in [0.25, 0.3) is 5.70 Å². The van der Waals surface area contributed by atoms with Crippen molar-refractivity contribution >= 4 is 17.3 Å². The fourth-order valence-corrected chi connectivity index (χ4v) is 1.10. The van der Waals surface area contributed by atoms with Gasteiger partial charge in [0, 0.05) is 11.3 Å². The zero-order valence-electron chi connectivity index (χ0n) is 7.67. The van der Waals surface area contributed by atoms with Gasteiger partial charge in [-0.15, -0.1) is 0 Å². The first kappa shape index (κ1) is 9.30. The van der Waals surface area contributed by atoms with E-state index in [1.54, 1.807) is 0 Å². The van der Waals surface area contributed by atoms with E-state index in [1.807, 2.05) is 25.1 Å². The van der Waals surface area contributed by atoms with Gasteiger partial charge in [0.15, 0.2) is 0 Å². The molecular formula is C11H12N2. The Morgan fingerprint density at radius 2 is 2.23 bits per heavy atom. The van der Waals surface area contributed by atoms with Gasteiger partial charge in [-0.2, -0.15) is 0 Å². The molecule has 13 heavy (non-hydrogen) atoms. The number of rotatable bonds is 2. The minimum atomic E-state index is 0.590. The van der Waals surface area contributed by atoms with Crippen LogP contribution in [0, 0.1) is 6.92 Å². The Bertz CT molecular complexity index is 385. The van der Waals surface area contributed by atoms with Crippen molar-refractivity contribution in [2.24, 2.45) is 4.99 Å². The quantitative estimate of drug-likeness (QED) is 0.540. The molecule has 0 fully saturated rings. The number of nitrogen functional groups attached to an aromatic ring is 1. The van der Waals surface area contributed by atoms with Crippen LogP contribution in [0.1, 0.15) is 11.1 Å². The molecular weight excluding hydrogens is 160 g/mol. The first-order valence-electron chi connectivity index (χ1n) is 3.93. The van der Waals surface area contributed by atoms with Crippen LogP contribution < -0.4 is 5.73 Å². The van der Waals surface area contributed by atoms with Gasteiger partial charge in [0.2, 0.25) is 0 Å². The Hall–Kier alpha value is -1.79. The van der Waals surface area contributed by atoms with Crippen molar-refractivity contribution in [2.75, 3.05) is 5.73 Å². The molecule has 0 aliphatic carbocycles. The van der Waals surface area contributed by atoms with Crippen LogP contribution in [0.2, 0.25) is 0 Å². The molecule has 0 bridgehead atoms. The average molecular weight is 172 g/mol. The van der Waals surface area contributed by atoms with Gasteiger partial charge < -0.3 is 5.73 Å². The minimum Gasteiger partial charge on any atom is -0.398 e. The van der Waals surface area contributed by atoms with Crippen LogP contribution in [0.5, 0.6) is 0 Å². The lowest BCUT2D eigenvalue weighted by molar-refractivity contribution is 1.44. The third-order valence-corrected chi connectivity index (χ3v) is 1.73. The highest BCUT2D eigenvalue weighted by atomic mass is 14.7. The van der Waals surface area contributed by atoms with Gasteiger partial charge in [-0.1, -0.05) is 18.7 Å². The summed E-state index contributed by atoms with van der Waals surface area (Å²) in [5, 5.41) is 0. The molecule has 0 aromatic heterocycles. The molecule has 0 atom stereocenters. The van der Waals surface area contributed by atoms with Crippen molar-refractivity contribution in [1.82, 2.24) is 0 Å². The lowest BCUT2D eigenvalue weighted by atomic mass is 10.1. The number of hydrogen-bond acceptors (Lipinski definition) is 2. The van der Waals surface area contributed by atoms with Crippen LogP contribution in [-0.4, -0.2) is 5.87 Å². The molecule has 0 spiro atoms. The summed E-state index contributed by atoms with van der Waals surface area (Å²) in [6, 6.07) is 5.75. The van der Waals surface area contributed by atoms with Gasteiger partial charge in [0.05, 0.1) is 5.70 Å². The number of nitrogens with two attached hydrogens (primary N) is 1. The SMILES string of the molecule is C=C=NC(=C)c1ccc(C)cc1N. The largest absolute Gasteiger partial charge is 0.398 e. The van der Waals surface area contributed by atoms with Crippen LogP contribution in [0.3, 0.4) is 0 Å². The second-order valence-electron chi connectivity index (χ2n) is 2.81. The molecule has 1 aromatic carbocycles. The summed E-state index contributed by atoms with van der Waals surface area (Å²) < 4.78 is 0. The normalized spacial score (nSPS) is 9.00. The minimum absolute atomic E-state index is 0.590. The molecule has 0 saturated carbocycles. The van der Waals surface area contributed by atoms with Crippen LogP contribution in [0.4, 0.5) is 5.69 Å². The van der Waals surface area contributed by atoms with E-state index in [0.717, 1.165) is 11.1 Å². The first-order chi connectivity index (χ1) is 6.15. The van der Waals surface area contributed by atoms with Crippen LogP contribution in [0.15, 0.2) is 36.3 Å². The topological polar surface area (TPSA) is 38.4 Å². The van der Waals surface area contributed by atoms with Crippen molar-refractivity contribution in [2.45, 2.75) is 6.92 Å². The van der Waals surface area contributed by atoms with Crippen molar-refractivity contribution in [1.29, 1.82) is 0 Å². The highest BCUT2D eigenvalue weighted by Crippen LogP contribution is 2.21. The van der Waals surface area contributed by atoms with Gasteiger partial charge >= 0.3 is 0 Å². The second-order valence-corrected chi connectivity index (χ2v) is 2.81. The molecule has 66 valence electrons. The molecule has 0 unspecified atom stereocenters. The lowest BCUT2D eigenvalue weighted by Crippen LogP contribution is -1.92. The maximum Gasteiger partial charge on any atom is 0.0750 e. The third kappa shape index (κ3) is 2.08. The molecule has 0 aliphatic heterocycles. The highest BCUT2D eigenvalue weighted by Gasteiger charge is 2.01. The summed E-state index contributed by atoms with van der Waals surface area (Å²) >= 11 is 0. The molecule has 1 aromatic rings. The molecule has 2 nitrogen and oxygen atoms in total. The van der Waals surface area contributed by atoms with E-state index < -0.39 is 0 Å². The first-order valence-corrected chi connectivity index (χ1v) is 3.93. The molecule has 0 saturated heterocycles. The van der Waals surface area contributed by atoms with E-state index in [9.17, 15) is 0 Å². The summed E-state index contributed by atoms with van der Waals surface area (Å²) in [5.41, 5.74) is 9.01. The Labute approximate surface area is 78.1 Å². The summed E-state index contributed by atoms with van der Waals surface area (Å²) in [5.74, 6) is 2.43. The summed E-state index contributed by atoms with van der Waals surface area (Å²) in [4.78, 5) is 3.85. The zero-order valence-corrected chi connectivity index (χ0v) is 7.67. The van der Waals surface area contributed by atoms with E-state index in [4.69, 9.17) is 5.73 Å². The van der Waals surface area contributed by atoms with Gasteiger partial charge in [-0.05, 0) is 31.0 Å². The van der Waals surface area contributed by atoms with Gasteiger partial charge in [0.1, 0.15) is 0 Å². The van der Waals surface area contributed by atoms with E-state index in [1.165, 1.54) is 0 Å². The van der Waals surface area contributed by atoms with Gasteiger partial charge in [-0.25, -0.2) is 4.99 Å². The Balaban J connectivity index is 3.16. The number of aryl methyl sites for hydroxylation is 1. The molecule has 2 heteroatoms. The number of hydrogen-bond donors (Lipinski definition) is 1. The summed E-state index contributed by atoms with van der Waals surface area (Å²) in [6.07, 6.45) is 0. The zero-order chi connectivity index (χ0) is 9.84. The number of benzene rings is 1. The second kappa shape index (κ2) is 3.74. The number of nitrogens with zero attached hydrogens (tertiary/aromatic N) is 1. The Kier molecular flexibility index (Phi) is 2.68. The fourth-order valence-electron chi connectivity index (χ4n) is 1.10. The maximum atomic E-state index is 5.78. The van der Waals surface area contributed by atoms with Crippen molar-refractivity contribution < 1.29 is 0 Å². The Morgan fingerprint density at radius 3 is 2.77 bits per heavy atom. The van der Waals surface area contributed by atoms with Crippen LogP contribution >= 0.6 is 0 Å². The molecule has 0 amide bonds. The molecule has 0 radical (unpaired) electrons. The molecule has 0 aliphatic rings. The van der Waals surface area contributed by atoms with E-state index >= 15 is 0 Å². The molecule has 1 rings (SSSR count). The summed E-state index contributed by atoms with van der Waals surface area (Å²) in [6.45, 7) is 9.12. The van der Waals surface area contributed by atoms with Crippen molar-refractivity contribution in [3.8, 4) is 0 Å². The fraction of sp³-hybridized carbons (Fsp3) is 0.0909. The lowest BCUT2D eigenvalue weighted by Gasteiger charge is -2.04. The predicted molar refractivity (Wildman–Crippen MR) is 57.7 cm³/mol. The predicted octanol–water partition coefficient (Wildman–Crippen LogP) is 2.40. The van der Waals surface area contributed by atoms with E-state index in [0.29, 0.717) is 11.4 Å². The number of aliphatic imine (C=N–C) groups is 1. The van der Waals surface area contributed by atoms with E-state index in [2.05, 4.69) is 24.0 Å². The summed E-state index contributed by atoms with van der Waals surface area (Å²) in [7, 11) is 0. The molecule has 0 heterocycles. The third-order valence-electron chi connectivity index (χ3n) is 1.73. The smallest absolute Gasteiger partial charge is 0.0750 e. The number of anilines is 1. The monoisotopic (exact) mass is 172 g/mol. The average Bonchev–Trinajstić information content (AvgIpc) is 2.04. The standard InChI is InChI=1S/C11H12N2/c1-4-13-9(3)10-6-5-8(2)7-11(10)12/h5-7H,1,3,12H2,2H3. The Morgan fingerprint density at radius 1 is 1.54 bits per heavy atom. The molecule has 2 N–H and O–H groups in total. The maximum absolute atomic E-state index is 5.78.